The molecule has 2 heterocycles. The third-order valence-corrected chi connectivity index (χ3v) is 4.43. The van der Waals surface area contributed by atoms with Crippen LogP contribution in [0, 0.1) is 0 Å². The van der Waals surface area contributed by atoms with Crippen LogP contribution in [-0.4, -0.2) is 41.7 Å². The van der Waals surface area contributed by atoms with E-state index in [4.69, 9.17) is 10.5 Å². The van der Waals surface area contributed by atoms with Crippen LogP contribution in [0.3, 0.4) is 0 Å². The molecule has 1 fully saturated rings. The van der Waals surface area contributed by atoms with E-state index in [0.717, 1.165) is 17.9 Å². The molecule has 1 aromatic carbocycles. The van der Waals surface area contributed by atoms with Crippen molar-refractivity contribution in [3.63, 3.8) is 0 Å². The van der Waals surface area contributed by atoms with Crippen molar-refractivity contribution in [2.75, 3.05) is 25.4 Å². The first-order valence-electron chi connectivity index (χ1n) is 7.65. The van der Waals surface area contributed by atoms with E-state index in [1.54, 1.807) is 4.90 Å². The number of carbonyl (C=O) groups is 1. The number of aromatic nitrogens is 1. The number of benzene rings is 1. The monoisotopic (exact) mass is 332 g/mol. The standard InChI is InChI=1S/C16H20N4O2S/c17-15-19-12(11-23-15)6-8-18-16(21)20-9-7-14(10-20)22-13-4-2-1-3-5-13/h1-5,11,14H,6-10H2,(H2,17,19)(H,18,21)/t14-/m1/s1. The van der Waals surface area contributed by atoms with Crippen LogP contribution in [-0.2, 0) is 6.42 Å². The summed E-state index contributed by atoms with van der Waals surface area (Å²) in [6.45, 7) is 1.89. The van der Waals surface area contributed by atoms with Crippen molar-refractivity contribution >= 4 is 22.5 Å². The highest BCUT2D eigenvalue weighted by Crippen LogP contribution is 2.18. The van der Waals surface area contributed by atoms with Gasteiger partial charge >= 0.3 is 6.03 Å². The summed E-state index contributed by atoms with van der Waals surface area (Å²) in [5, 5.41) is 5.40. The first-order chi connectivity index (χ1) is 11.2. The predicted octanol–water partition coefficient (Wildman–Crippen LogP) is 2.13. The van der Waals surface area contributed by atoms with E-state index in [-0.39, 0.29) is 12.1 Å². The van der Waals surface area contributed by atoms with Gasteiger partial charge in [0.1, 0.15) is 11.9 Å². The molecule has 3 N–H and O–H groups in total. The normalized spacial score (nSPS) is 17.2. The van der Waals surface area contributed by atoms with Gasteiger partial charge in [-0.3, -0.25) is 0 Å². The summed E-state index contributed by atoms with van der Waals surface area (Å²) in [6, 6.07) is 9.66. The second-order valence-corrected chi connectivity index (χ2v) is 6.34. The Bertz CT molecular complexity index is 647. The molecule has 0 bridgehead atoms. The first-order valence-corrected chi connectivity index (χ1v) is 8.53. The highest BCUT2D eigenvalue weighted by molar-refractivity contribution is 7.13. The van der Waals surface area contributed by atoms with Gasteiger partial charge in [-0.1, -0.05) is 18.2 Å². The molecule has 0 saturated carbocycles. The maximum atomic E-state index is 12.2. The number of nitrogens with one attached hydrogen (secondary N) is 1. The number of likely N-dealkylation sites (tertiary alicyclic amines) is 1. The number of hydrogen-bond donors (Lipinski definition) is 2. The largest absolute Gasteiger partial charge is 0.489 e. The zero-order valence-electron chi connectivity index (χ0n) is 12.8. The number of amides is 2. The number of carbonyl (C=O) groups excluding carboxylic acids is 1. The molecule has 3 rings (SSSR count). The Balaban J connectivity index is 1.40. The maximum absolute atomic E-state index is 12.2. The summed E-state index contributed by atoms with van der Waals surface area (Å²) in [6.07, 6.45) is 1.60. The molecule has 0 spiro atoms. The minimum absolute atomic E-state index is 0.0487. The summed E-state index contributed by atoms with van der Waals surface area (Å²) >= 11 is 1.42. The Labute approximate surface area is 139 Å². The number of nitrogen functional groups attached to an aromatic ring is 1. The van der Waals surface area contributed by atoms with Crippen LogP contribution >= 0.6 is 11.3 Å². The van der Waals surface area contributed by atoms with Gasteiger partial charge in [-0.2, -0.15) is 0 Å². The lowest BCUT2D eigenvalue weighted by atomic mass is 10.3. The van der Waals surface area contributed by atoms with E-state index < -0.39 is 0 Å². The number of anilines is 1. The molecule has 1 atom stereocenters. The number of thiazole rings is 1. The Morgan fingerprint density at radius 3 is 3.00 bits per heavy atom. The molecule has 7 heteroatoms. The molecular weight excluding hydrogens is 312 g/mol. The van der Waals surface area contributed by atoms with Crippen LogP contribution in [0.1, 0.15) is 12.1 Å². The minimum Gasteiger partial charge on any atom is -0.489 e. The molecule has 0 radical (unpaired) electrons. The smallest absolute Gasteiger partial charge is 0.317 e. The molecule has 2 amide bonds. The first kappa shape index (κ1) is 15.6. The molecule has 0 aliphatic carbocycles. The van der Waals surface area contributed by atoms with Gasteiger partial charge < -0.3 is 20.7 Å². The van der Waals surface area contributed by atoms with Gasteiger partial charge in [0.2, 0.25) is 0 Å². The van der Waals surface area contributed by atoms with Crippen molar-refractivity contribution in [3.8, 4) is 5.75 Å². The Hall–Kier alpha value is -2.28. The zero-order valence-corrected chi connectivity index (χ0v) is 13.6. The zero-order chi connectivity index (χ0) is 16.1. The second kappa shape index (κ2) is 7.32. The summed E-state index contributed by atoms with van der Waals surface area (Å²) in [5.41, 5.74) is 6.50. The molecular formula is C16H20N4O2S. The van der Waals surface area contributed by atoms with Gasteiger partial charge in [-0.05, 0) is 12.1 Å². The number of nitrogens with zero attached hydrogens (tertiary/aromatic N) is 2. The number of rotatable bonds is 5. The van der Waals surface area contributed by atoms with Gasteiger partial charge in [-0.25, -0.2) is 9.78 Å². The van der Waals surface area contributed by atoms with Crippen molar-refractivity contribution in [1.82, 2.24) is 15.2 Å². The topological polar surface area (TPSA) is 80.5 Å². The summed E-state index contributed by atoms with van der Waals surface area (Å²) < 4.78 is 5.89. The van der Waals surface area contributed by atoms with Crippen LogP contribution in [0.15, 0.2) is 35.7 Å². The van der Waals surface area contributed by atoms with E-state index in [0.29, 0.717) is 31.2 Å². The van der Waals surface area contributed by atoms with Gasteiger partial charge in [0.05, 0.1) is 12.2 Å². The highest BCUT2D eigenvalue weighted by Gasteiger charge is 2.27. The van der Waals surface area contributed by atoms with Crippen LogP contribution in [0.2, 0.25) is 0 Å². The van der Waals surface area contributed by atoms with Crippen LogP contribution in [0.4, 0.5) is 9.93 Å². The average molecular weight is 332 g/mol. The molecule has 23 heavy (non-hydrogen) atoms. The number of nitrogens with two attached hydrogens (primary N) is 1. The molecule has 122 valence electrons. The fourth-order valence-electron chi connectivity index (χ4n) is 2.55. The van der Waals surface area contributed by atoms with Crippen molar-refractivity contribution in [2.24, 2.45) is 0 Å². The van der Waals surface area contributed by atoms with E-state index in [1.807, 2.05) is 35.7 Å². The van der Waals surface area contributed by atoms with Crippen molar-refractivity contribution in [2.45, 2.75) is 18.9 Å². The number of urea groups is 1. The molecule has 1 saturated heterocycles. The molecule has 1 aromatic heterocycles. The fourth-order valence-corrected chi connectivity index (χ4v) is 3.14. The SMILES string of the molecule is Nc1nc(CCNC(=O)N2CC[C@@H](Oc3ccccc3)C2)cs1. The minimum atomic E-state index is -0.0487. The van der Waals surface area contributed by atoms with E-state index >= 15 is 0 Å². The highest BCUT2D eigenvalue weighted by atomic mass is 32.1. The van der Waals surface area contributed by atoms with Gasteiger partial charge in [0.15, 0.2) is 5.13 Å². The third-order valence-electron chi connectivity index (χ3n) is 3.71. The van der Waals surface area contributed by atoms with Gasteiger partial charge in [0.25, 0.3) is 0 Å². The number of ether oxygens (including phenoxy) is 1. The molecule has 2 aromatic rings. The Kier molecular flexibility index (Phi) is 4.97. The maximum Gasteiger partial charge on any atom is 0.317 e. The molecule has 6 nitrogen and oxygen atoms in total. The lowest BCUT2D eigenvalue weighted by Gasteiger charge is -2.17. The van der Waals surface area contributed by atoms with Crippen LogP contribution in [0.25, 0.3) is 0 Å². The molecule has 1 aliphatic rings. The lowest BCUT2D eigenvalue weighted by Crippen LogP contribution is -2.40. The molecule has 1 aliphatic heterocycles. The van der Waals surface area contributed by atoms with Gasteiger partial charge in [0, 0.05) is 31.3 Å². The van der Waals surface area contributed by atoms with Crippen molar-refractivity contribution < 1.29 is 9.53 Å². The predicted molar refractivity (Wildman–Crippen MR) is 90.7 cm³/mol. The average Bonchev–Trinajstić information content (AvgIpc) is 3.18. The van der Waals surface area contributed by atoms with E-state index in [2.05, 4.69) is 10.3 Å². The van der Waals surface area contributed by atoms with Gasteiger partial charge in [-0.15, -0.1) is 11.3 Å². The van der Waals surface area contributed by atoms with E-state index in [1.165, 1.54) is 11.3 Å². The second-order valence-electron chi connectivity index (χ2n) is 5.45. The summed E-state index contributed by atoms with van der Waals surface area (Å²) in [5.74, 6) is 0.848. The third kappa shape index (κ3) is 4.35. The van der Waals surface area contributed by atoms with Crippen LogP contribution in [0.5, 0.6) is 5.75 Å². The number of hydrogen-bond acceptors (Lipinski definition) is 5. The van der Waals surface area contributed by atoms with E-state index in [9.17, 15) is 4.79 Å². The Morgan fingerprint density at radius 1 is 1.43 bits per heavy atom. The fraction of sp³-hybridized carbons (Fsp3) is 0.375. The lowest BCUT2D eigenvalue weighted by molar-refractivity contribution is 0.187. The summed E-state index contributed by atoms with van der Waals surface area (Å²) in [7, 11) is 0. The number of para-hydroxylation sites is 1. The van der Waals surface area contributed by atoms with Crippen molar-refractivity contribution in [1.29, 1.82) is 0 Å². The van der Waals surface area contributed by atoms with Crippen molar-refractivity contribution in [3.05, 3.63) is 41.4 Å². The quantitative estimate of drug-likeness (QED) is 0.879. The summed E-state index contributed by atoms with van der Waals surface area (Å²) in [4.78, 5) is 18.1. The Morgan fingerprint density at radius 2 is 2.26 bits per heavy atom. The van der Waals surface area contributed by atoms with Crippen LogP contribution < -0.4 is 15.8 Å². The molecule has 0 unspecified atom stereocenters.